The topological polar surface area (TPSA) is 88.4 Å². The van der Waals surface area contributed by atoms with Crippen LogP contribution in [0.3, 0.4) is 0 Å². The summed E-state index contributed by atoms with van der Waals surface area (Å²) in [4.78, 5) is 22.7. The maximum Gasteiger partial charge on any atom is 0.228 e. The lowest BCUT2D eigenvalue weighted by Crippen LogP contribution is -2.15. The highest BCUT2D eigenvalue weighted by molar-refractivity contribution is 5.93. The van der Waals surface area contributed by atoms with Crippen molar-refractivity contribution < 1.29 is 33.2 Å². The van der Waals surface area contributed by atoms with E-state index in [1.54, 1.807) is 19.2 Å². The minimum absolute atomic E-state index is 0.117. The van der Waals surface area contributed by atoms with Crippen LogP contribution in [0.15, 0.2) is 46.9 Å². The van der Waals surface area contributed by atoms with E-state index >= 15 is 0 Å². The van der Waals surface area contributed by atoms with Gasteiger partial charge in [0.25, 0.3) is 0 Å². The molecule has 8 nitrogen and oxygen atoms in total. The van der Waals surface area contributed by atoms with Gasteiger partial charge in [-0.2, -0.15) is 0 Å². The van der Waals surface area contributed by atoms with Crippen LogP contribution in [0.1, 0.15) is 23.8 Å². The summed E-state index contributed by atoms with van der Waals surface area (Å²) in [6.07, 6.45) is 0.117. The van der Waals surface area contributed by atoms with Crippen LogP contribution in [-0.2, 0) is 27.6 Å². The number of furan rings is 1. The zero-order valence-corrected chi connectivity index (χ0v) is 19.5. The molecule has 3 aromatic rings. The predicted octanol–water partition coefficient (Wildman–Crippen LogP) is 4.93. The number of nitrogens with one attached hydrogen (secondary N) is 1. The monoisotopic (exact) mass is 455 g/mol. The van der Waals surface area contributed by atoms with Gasteiger partial charge in [0.15, 0.2) is 11.5 Å². The largest absolute Gasteiger partial charge is 0.493 e. The van der Waals surface area contributed by atoms with Crippen molar-refractivity contribution in [2.24, 2.45) is 0 Å². The number of aryl methyl sites for hydroxylation is 1. The molecule has 1 aromatic heterocycles. The first-order valence-corrected chi connectivity index (χ1v) is 10.5. The SMILES string of the molecule is CCOOCc1cc(-c2ccc(NC(=O)Cc3ccc(OC)c(OC)c3OC)cc2)oc1C. The quantitative estimate of drug-likeness (QED) is 0.249. The molecule has 0 aliphatic heterocycles. The summed E-state index contributed by atoms with van der Waals surface area (Å²) in [7, 11) is 4.61. The van der Waals surface area contributed by atoms with Gasteiger partial charge in [-0.3, -0.25) is 4.79 Å². The van der Waals surface area contributed by atoms with Crippen LogP contribution in [0.2, 0.25) is 0 Å². The second kappa shape index (κ2) is 11.4. The van der Waals surface area contributed by atoms with E-state index in [1.165, 1.54) is 14.2 Å². The van der Waals surface area contributed by atoms with Gasteiger partial charge in [0.05, 0.1) is 34.4 Å². The minimum Gasteiger partial charge on any atom is -0.493 e. The Hall–Kier alpha value is -3.49. The molecule has 0 unspecified atom stereocenters. The van der Waals surface area contributed by atoms with E-state index in [4.69, 9.17) is 28.4 Å². The smallest absolute Gasteiger partial charge is 0.228 e. The average Bonchev–Trinajstić information content (AvgIpc) is 3.19. The lowest BCUT2D eigenvalue weighted by molar-refractivity contribution is -0.300. The molecule has 0 aliphatic rings. The Balaban J connectivity index is 1.67. The van der Waals surface area contributed by atoms with Gasteiger partial charge in [-0.25, -0.2) is 9.78 Å². The van der Waals surface area contributed by atoms with Gasteiger partial charge in [0.1, 0.15) is 18.1 Å². The number of anilines is 1. The van der Waals surface area contributed by atoms with Gasteiger partial charge >= 0.3 is 0 Å². The Kier molecular flexibility index (Phi) is 8.34. The van der Waals surface area contributed by atoms with Gasteiger partial charge in [-0.15, -0.1) is 0 Å². The molecule has 0 spiro atoms. The summed E-state index contributed by atoms with van der Waals surface area (Å²) < 4.78 is 22.0. The fourth-order valence-corrected chi connectivity index (χ4v) is 3.39. The van der Waals surface area contributed by atoms with Crippen molar-refractivity contribution in [1.29, 1.82) is 0 Å². The Morgan fingerprint density at radius 2 is 1.64 bits per heavy atom. The molecule has 0 saturated carbocycles. The summed E-state index contributed by atoms with van der Waals surface area (Å²) in [5, 5.41) is 2.90. The Bertz CT molecular complexity index is 1070. The number of hydrogen-bond acceptors (Lipinski definition) is 7. The molecule has 3 rings (SSSR count). The van der Waals surface area contributed by atoms with E-state index in [0.717, 1.165) is 22.6 Å². The lowest BCUT2D eigenvalue weighted by atomic mass is 10.1. The Morgan fingerprint density at radius 3 is 2.27 bits per heavy atom. The van der Waals surface area contributed by atoms with Gasteiger partial charge in [0.2, 0.25) is 11.7 Å². The molecule has 0 bridgehead atoms. The number of hydrogen-bond donors (Lipinski definition) is 1. The van der Waals surface area contributed by atoms with E-state index < -0.39 is 0 Å². The molecule has 176 valence electrons. The van der Waals surface area contributed by atoms with Crippen LogP contribution in [0.25, 0.3) is 11.3 Å². The maximum absolute atomic E-state index is 12.6. The molecule has 0 atom stereocenters. The molecule has 0 radical (unpaired) electrons. The van der Waals surface area contributed by atoms with Crippen molar-refractivity contribution in [2.75, 3.05) is 33.3 Å². The van der Waals surface area contributed by atoms with Crippen molar-refractivity contribution >= 4 is 11.6 Å². The molecule has 8 heteroatoms. The second-order valence-corrected chi connectivity index (χ2v) is 7.16. The van der Waals surface area contributed by atoms with Crippen molar-refractivity contribution in [2.45, 2.75) is 26.9 Å². The van der Waals surface area contributed by atoms with Crippen LogP contribution in [0.4, 0.5) is 5.69 Å². The third-order valence-corrected chi connectivity index (χ3v) is 5.03. The van der Waals surface area contributed by atoms with E-state index in [9.17, 15) is 4.79 Å². The number of methoxy groups -OCH3 is 3. The first kappa shape index (κ1) is 24.2. The van der Waals surface area contributed by atoms with E-state index in [-0.39, 0.29) is 12.3 Å². The van der Waals surface area contributed by atoms with Crippen molar-refractivity contribution in [3.63, 3.8) is 0 Å². The number of rotatable bonds is 11. The number of amides is 1. The summed E-state index contributed by atoms with van der Waals surface area (Å²) in [6, 6.07) is 12.9. The third kappa shape index (κ3) is 5.85. The van der Waals surface area contributed by atoms with Crippen LogP contribution in [0.5, 0.6) is 17.2 Å². The van der Waals surface area contributed by atoms with E-state index in [0.29, 0.717) is 41.7 Å². The van der Waals surface area contributed by atoms with Gasteiger partial charge in [0, 0.05) is 22.4 Å². The predicted molar refractivity (Wildman–Crippen MR) is 124 cm³/mol. The number of benzene rings is 2. The Labute approximate surface area is 193 Å². The third-order valence-electron chi connectivity index (χ3n) is 5.03. The van der Waals surface area contributed by atoms with Crippen LogP contribution in [0, 0.1) is 6.92 Å². The molecular weight excluding hydrogens is 426 g/mol. The molecule has 0 aliphatic carbocycles. The standard InChI is InChI=1S/C25H29NO7/c1-6-31-32-15-19-13-22(33-16(19)2)17-7-10-20(11-8-17)26-23(27)14-18-9-12-21(28-3)25(30-5)24(18)29-4/h7-13H,6,14-15H2,1-5H3,(H,26,27). The highest BCUT2D eigenvalue weighted by Crippen LogP contribution is 2.40. The summed E-state index contributed by atoms with van der Waals surface area (Å²) in [6.45, 7) is 4.54. The number of carbonyl (C=O) groups is 1. The van der Waals surface area contributed by atoms with Crippen LogP contribution < -0.4 is 19.5 Å². The fourth-order valence-electron chi connectivity index (χ4n) is 3.39. The maximum atomic E-state index is 12.6. The number of carbonyl (C=O) groups excluding carboxylic acids is 1. The van der Waals surface area contributed by atoms with Gasteiger partial charge < -0.3 is 23.9 Å². The Morgan fingerprint density at radius 1 is 0.909 bits per heavy atom. The normalized spacial score (nSPS) is 10.7. The molecule has 0 fully saturated rings. The van der Waals surface area contributed by atoms with Crippen molar-refractivity contribution in [3.8, 4) is 28.6 Å². The minimum atomic E-state index is -0.183. The highest BCUT2D eigenvalue weighted by Gasteiger charge is 2.18. The second-order valence-electron chi connectivity index (χ2n) is 7.16. The summed E-state index contributed by atoms with van der Waals surface area (Å²) in [5.74, 6) is 2.77. The highest BCUT2D eigenvalue weighted by atomic mass is 17.2. The zero-order valence-electron chi connectivity index (χ0n) is 19.5. The molecule has 2 aromatic carbocycles. The summed E-state index contributed by atoms with van der Waals surface area (Å²) in [5.41, 5.74) is 3.17. The fraction of sp³-hybridized carbons (Fsp3) is 0.320. The van der Waals surface area contributed by atoms with Gasteiger partial charge in [-0.1, -0.05) is 6.07 Å². The van der Waals surface area contributed by atoms with Crippen molar-refractivity contribution in [3.05, 3.63) is 59.4 Å². The number of ether oxygens (including phenoxy) is 3. The van der Waals surface area contributed by atoms with Crippen LogP contribution >= 0.6 is 0 Å². The molecule has 0 saturated heterocycles. The van der Waals surface area contributed by atoms with Crippen LogP contribution in [-0.4, -0.2) is 33.8 Å². The zero-order chi connectivity index (χ0) is 23.8. The molecule has 1 heterocycles. The van der Waals surface area contributed by atoms with E-state index in [1.807, 2.05) is 44.2 Å². The first-order chi connectivity index (χ1) is 16.0. The van der Waals surface area contributed by atoms with Gasteiger partial charge in [-0.05, 0) is 50.2 Å². The lowest BCUT2D eigenvalue weighted by Gasteiger charge is -2.15. The molecular formula is C25H29NO7. The average molecular weight is 456 g/mol. The first-order valence-electron chi connectivity index (χ1n) is 10.5. The molecule has 1 N–H and O–H groups in total. The molecule has 33 heavy (non-hydrogen) atoms. The van der Waals surface area contributed by atoms with Crippen molar-refractivity contribution in [1.82, 2.24) is 0 Å². The molecule has 1 amide bonds. The summed E-state index contributed by atoms with van der Waals surface area (Å²) >= 11 is 0. The van der Waals surface area contributed by atoms with E-state index in [2.05, 4.69) is 5.32 Å².